The summed E-state index contributed by atoms with van der Waals surface area (Å²) in [4.78, 5) is 16.8. The molecule has 3 aromatic rings. The van der Waals surface area contributed by atoms with Gasteiger partial charge in [-0.25, -0.2) is 4.98 Å². The molecule has 0 aliphatic heterocycles. The van der Waals surface area contributed by atoms with Gasteiger partial charge >= 0.3 is 0 Å². The van der Waals surface area contributed by atoms with Gasteiger partial charge in [-0.3, -0.25) is 10.1 Å². The second-order valence-corrected chi connectivity index (χ2v) is 6.98. The zero-order valence-electron chi connectivity index (χ0n) is 12.8. The number of benzene rings is 2. The summed E-state index contributed by atoms with van der Waals surface area (Å²) in [7, 11) is 0. The lowest BCUT2D eigenvalue weighted by molar-refractivity contribution is 0.102. The zero-order chi connectivity index (χ0) is 16.4. The fourth-order valence-electron chi connectivity index (χ4n) is 2.17. The van der Waals surface area contributed by atoms with E-state index in [-0.39, 0.29) is 5.91 Å². The smallest absolute Gasteiger partial charge is 0.258 e. The van der Waals surface area contributed by atoms with Crippen LogP contribution in [0, 0.1) is 13.8 Å². The van der Waals surface area contributed by atoms with E-state index in [1.54, 1.807) is 6.07 Å². The van der Waals surface area contributed by atoms with Crippen molar-refractivity contribution in [2.75, 3.05) is 5.32 Å². The molecule has 1 heterocycles. The van der Waals surface area contributed by atoms with Crippen molar-refractivity contribution in [3.8, 4) is 11.3 Å². The number of hydrogen-bond acceptors (Lipinski definition) is 3. The average molecular weight is 387 g/mol. The lowest BCUT2D eigenvalue weighted by Gasteiger charge is -2.04. The maximum absolute atomic E-state index is 12.3. The van der Waals surface area contributed by atoms with Gasteiger partial charge in [0.15, 0.2) is 5.13 Å². The molecular formula is C18H15BrN2OS. The topological polar surface area (TPSA) is 42.0 Å². The zero-order valence-corrected chi connectivity index (χ0v) is 15.2. The summed E-state index contributed by atoms with van der Waals surface area (Å²) in [6, 6.07) is 13.6. The highest BCUT2D eigenvalue weighted by molar-refractivity contribution is 9.10. The van der Waals surface area contributed by atoms with Gasteiger partial charge in [0.1, 0.15) is 0 Å². The Morgan fingerprint density at radius 2 is 1.91 bits per heavy atom. The maximum atomic E-state index is 12.3. The molecule has 0 fully saturated rings. The van der Waals surface area contributed by atoms with Crippen LogP contribution in [0.1, 0.15) is 21.5 Å². The van der Waals surface area contributed by atoms with Gasteiger partial charge in [-0.05, 0) is 59.1 Å². The summed E-state index contributed by atoms with van der Waals surface area (Å²) in [5.74, 6) is -0.168. The second kappa shape index (κ2) is 6.64. The molecule has 5 heteroatoms. The Morgan fingerprint density at radius 1 is 1.13 bits per heavy atom. The molecule has 0 unspecified atom stereocenters. The van der Waals surface area contributed by atoms with Gasteiger partial charge in [0.05, 0.1) is 11.3 Å². The van der Waals surface area contributed by atoms with Gasteiger partial charge in [0, 0.05) is 15.4 Å². The first-order chi connectivity index (χ1) is 11.0. The van der Waals surface area contributed by atoms with Gasteiger partial charge in [0.25, 0.3) is 5.91 Å². The highest BCUT2D eigenvalue weighted by Gasteiger charge is 2.12. The first kappa shape index (κ1) is 15.9. The fraction of sp³-hybridized carbons (Fsp3) is 0.111. The number of carbonyl (C=O) groups is 1. The molecule has 0 atom stereocenters. The lowest BCUT2D eigenvalue weighted by Crippen LogP contribution is -2.12. The number of rotatable bonds is 3. The molecule has 0 spiro atoms. The first-order valence-electron chi connectivity index (χ1n) is 7.13. The number of carbonyl (C=O) groups excluding carboxylic acids is 1. The minimum atomic E-state index is -0.168. The Bertz CT molecular complexity index is 873. The number of hydrogen-bond donors (Lipinski definition) is 1. The summed E-state index contributed by atoms with van der Waals surface area (Å²) < 4.78 is 0.767. The van der Waals surface area contributed by atoms with Crippen molar-refractivity contribution in [3.63, 3.8) is 0 Å². The number of thiazole rings is 1. The van der Waals surface area contributed by atoms with Crippen molar-refractivity contribution in [1.29, 1.82) is 0 Å². The van der Waals surface area contributed by atoms with Crippen LogP contribution in [0.5, 0.6) is 0 Å². The van der Waals surface area contributed by atoms with Crippen LogP contribution >= 0.6 is 27.3 Å². The van der Waals surface area contributed by atoms with E-state index in [4.69, 9.17) is 0 Å². The molecule has 0 bridgehead atoms. The van der Waals surface area contributed by atoms with E-state index in [2.05, 4.69) is 58.3 Å². The molecule has 3 rings (SSSR count). The quantitative estimate of drug-likeness (QED) is 0.650. The van der Waals surface area contributed by atoms with Crippen molar-refractivity contribution in [2.45, 2.75) is 13.8 Å². The summed E-state index contributed by atoms with van der Waals surface area (Å²) in [5.41, 5.74) is 5.02. The summed E-state index contributed by atoms with van der Waals surface area (Å²) >= 11 is 4.81. The predicted molar refractivity (Wildman–Crippen MR) is 99.1 cm³/mol. The van der Waals surface area contributed by atoms with Crippen LogP contribution in [-0.2, 0) is 0 Å². The minimum Gasteiger partial charge on any atom is -0.298 e. The number of amides is 1. The number of anilines is 1. The highest BCUT2D eigenvalue weighted by atomic mass is 79.9. The van der Waals surface area contributed by atoms with E-state index < -0.39 is 0 Å². The van der Waals surface area contributed by atoms with E-state index in [1.165, 1.54) is 22.5 Å². The molecule has 0 saturated heterocycles. The Labute approximate surface area is 147 Å². The van der Waals surface area contributed by atoms with Crippen LogP contribution in [-0.4, -0.2) is 10.9 Å². The van der Waals surface area contributed by atoms with Crippen LogP contribution < -0.4 is 5.32 Å². The predicted octanol–water partition coefficient (Wildman–Crippen LogP) is 5.44. The normalized spacial score (nSPS) is 10.6. The molecule has 116 valence electrons. The van der Waals surface area contributed by atoms with Crippen LogP contribution in [0.4, 0.5) is 5.13 Å². The minimum absolute atomic E-state index is 0.168. The van der Waals surface area contributed by atoms with E-state index in [0.29, 0.717) is 10.7 Å². The van der Waals surface area contributed by atoms with Crippen LogP contribution in [0.15, 0.2) is 52.3 Å². The standard InChI is InChI=1S/C18H15BrN2OS/c1-11-7-8-13(9-12(11)2)16-10-23-18(20-16)21-17(22)14-5-3-4-6-15(14)19/h3-10H,1-2H3,(H,20,21,22). The number of nitrogens with zero attached hydrogens (tertiary/aromatic N) is 1. The molecule has 1 N–H and O–H groups in total. The molecular weight excluding hydrogens is 372 g/mol. The molecule has 23 heavy (non-hydrogen) atoms. The fourth-order valence-corrected chi connectivity index (χ4v) is 3.35. The molecule has 0 aliphatic rings. The van der Waals surface area contributed by atoms with Crippen molar-refractivity contribution in [2.24, 2.45) is 0 Å². The Kier molecular flexibility index (Phi) is 4.59. The third-order valence-electron chi connectivity index (χ3n) is 3.65. The van der Waals surface area contributed by atoms with Gasteiger partial charge in [0.2, 0.25) is 0 Å². The maximum Gasteiger partial charge on any atom is 0.258 e. The van der Waals surface area contributed by atoms with Crippen molar-refractivity contribution in [3.05, 3.63) is 69.0 Å². The molecule has 1 amide bonds. The number of nitrogens with one attached hydrogen (secondary N) is 1. The van der Waals surface area contributed by atoms with E-state index in [0.717, 1.165) is 15.7 Å². The number of aromatic nitrogens is 1. The highest BCUT2D eigenvalue weighted by Crippen LogP contribution is 2.27. The van der Waals surface area contributed by atoms with Gasteiger partial charge in [-0.15, -0.1) is 11.3 Å². The summed E-state index contributed by atoms with van der Waals surface area (Å²) in [6.45, 7) is 4.17. The van der Waals surface area contributed by atoms with E-state index in [1.807, 2.05) is 23.6 Å². The van der Waals surface area contributed by atoms with Gasteiger partial charge in [-0.1, -0.05) is 24.3 Å². The van der Waals surface area contributed by atoms with E-state index in [9.17, 15) is 4.79 Å². The van der Waals surface area contributed by atoms with Gasteiger partial charge in [-0.2, -0.15) is 0 Å². The third kappa shape index (κ3) is 3.51. The molecule has 2 aromatic carbocycles. The van der Waals surface area contributed by atoms with E-state index >= 15 is 0 Å². The molecule has 3 nitrogen and oxygen atoms in total. The Hall–Kier alpha value is -1.98. The lowest BCUT2D eigenvalue weighted by atomic mass is 10.1. The third-order valence-corrected chi connectivity index (χ3v) is 5.10. The monoisotopic (exact) mass is 386 g/mol. The van der Waals surface area contributed by atoms with Crippen molar-refractivity contribution >= 4 is 38.3 Å². The Balaban J connectivity index is 1.81. The summed E-state index contributed by atoms with van der Waals surface area (Å²) in [5, 5.41) is 5.41. The molecule has 1 aromatic heterocycles. The largest absolute Gasteiger partial charge is 0.298 e. The molecule has 0 radical (unpaired) electrons. The SMILES string of the molecule is Cc1ccc(-c2csc(NC(=O)c3ccccc3Br)n2)cc1C. The molecule has 0 saturated carbocycles. The summed E-state index contributed by atoms with van der Waals surface area (Å²) in [6.07, 6.45) is 0. The second-order valence-electron chi connectivity index (χ2n) is 5.27. The number of halogens is 1. The van der Waals surface area contributed by atoms with Gasteiger partial charge < -0.3 is 0 Å². The average Bonchev–Trinajstić information content (AvgIpc) is 2.99. The molecule has 0 aliphatic carbocycles. The number of aryl methyl sites for hydroxylation is 2. The van der Waals surface area contributed by atoms with Crippen molar-refractivity contribution in [1.82, 2.24) is 4.98 Å². The Morgan fingerprint density at radius 3 is 2.65 bits per heavy atom. The van der Waals surface area contributed by atoms with Crippen LogP contribution in [0.3, 0.4) is 0 Å². The van der Waals surface area contributed by atoms with Crippen LogP contribution in [0.2, 0.25) is 0 Å². The first-order valence-corrected chi connectivity index (χ1v) is 8.81. The van der Waals surface area contributed by atoms with Crippen LogP contribution in [0.25, 0.3) is 11.3 Å². The van der Waals surface area contributed by atoms with Crippen molar-refractivity contribution < 1.29 is 4.79 Å².